The van der Waals surface area contributed by atoms with E-state index in [2.05, 4.69) is 5.10 Å². The first-order valence-corrected chi connectivity index (χ1v) is 9.54. The second-order valence-electron chi connectivity index (χ2n) is 7.94. The Balaban J connectivity index is 1.68. The van der Waals surface area contributed by atoms with Crippen molar-refractivity contribution in [3.05, 3.63) is 46.8 Å². The Morgan fingerprint density at radius 3 is 2.70 bits per heavy atom. The molecule has 1 N–H and O–H groups in total. The van der Waals surface area contributed by atoms with Crippen LogP contribution in [0, 0.1) is 32.6 Å². The molecule has 1 aliphatic carbocycles. The van der Waals surface area contributed by atoms with Crippen LogP contribution in [0.25, 0.3) is 5.69 Å². The minimum absolute atomic E-state index is 0.0841. The number of carboxylic acids is 1. The van der Waals surface area contributed by atoms with Gasteiger partial charge in [0.1, 0.15) is 6.04 Å². The molecule has 0 spiro atoms. The summed E-state index contributed by atoms with van der Waals surface area (Å²) in [6.07, 6.45) is 4.54. The van der Waals surface area contributed by atoms with Gasteiger partial charge in [0, 0.05) is 6.54 Å². The van der Waals surface area contributed by atoms with Crippen molar-refractivity contribution in [2.24, 2.45) is 11.8 Å². The van der Waals surface area contributed by atoms with Gasteiger partial charge in [0.05, 0.1) is 23.1 Å². The van der Waals surface area contributed by atoms with Crippen molar-refractivity contribution < 1.29 is 14.7 Å². The molecule has 0 bridgehead atoms. The normalized spacial score (nSPS) is 24.3. The molecule has 142 valence electrons. The lowest BCUT2D eigenvalue weighted by Crippen LogP contribution is -2.43. The Morgan fingerprint density at radius 2 is 1.96 bits per heavy atom. The Morgan fingerprint density at radius 1 is 1.19 bits per heavy atom. The molecule has 1 amide bonds. The van der Waals surface area contributed by atoms with E-state index < -0.39 is 12.0 Å². The van der Waals surface area contributed by atoms with Gasteiger partial charge in [-0.25, -0.2) is 9.48 Å². The largest absolute Gasteiger partial charge is 0.480 e. The first kappa shape index (κ1) is 17.8. The third kappa shape index (κ3) is 2.83. The number of carbonyl (C=O) groups is 2. The molecule has 2 aliphatic rings. The summed E-state index contributed by atoms with van der Waals surface area (Å²) in [6.45, 7) is 6.44. The lowest BCUT2D eigenvalue weighted by atomic mass is 9.94. The molecule has 2 heterocycles. The summed E-state index contributed by atoms with van der Waals surface area (Å²) in [7, 11) is 0. The second kappa shape index (κ2) is 6.51. The van der Waals surface area contributed by atoms with Crippen LogP contribution in [0.5, 0.6) is 0 Å². The fourth-order valence-corrected chi connectivity index (χ4v) is 4.80. The van der Waals surface area contributed by atoms with E-state index in [1.54, 1.807) is 15.8 Å². The van der Waals surface area contributed by atoms with Crippen LogP contribution in [0.2, 0.25) is 0 Å². The Hall–Kier alpha value is -2.63. The van der Waals surface area contributed by atoms with E-state index in [1.807, 2.05) is 39.0 Å². The molecule has 1 aromatic carbocycles. The highest BCUT2D eigenvalue weighted by Crippen LogP contribution is 2.42. The van der Waals surface area contributed by atoms with Crippen LogP contribution >= 0.6 is 0 Å². The molecule has 6 heteroatoms. The SMILES string of the molecule is Cc1ccc(C)c(-n2ncc(C(=O)N3CC4CCCC4C3C(=O)O)c2C)c1. The molecule has 4 rings (SSSR count). The third-order valence-electron chi connectivity index (χ3n) is 6.24. The van der Waals surface area contributed by atoms with Crippen LogP contribution in [0.4, 0.5) is 0 Å². The van der Waals surface area contributed by atoms with Crippen LogP contribution in [0.3, 0.4) is 0 Å². The summed E-state index contributed by atoms with van der Waals surface area (Å²) in [4.78, 5) is 26.7. The molecule has 6 nitrogen and oxygen atoms in total. The van der Waals surface area contributed by atoms with Crippen molar-refractivity contribution in [2.45, 2.75) is 46.1 Å². The Labute approximate surface area is 158 Å². The molecule has 1 aromatic heterocycles. The zero-order valence-corrected chi connectivity index (χ0v) is 16.0. The van der Waals surface area contributed by atoms with Crippen LogP contribution < -0.4 is 0 Å². The van der Waals surface area contributed by atoms with Gasteiger partial charge < -0.3 is 10.0 Å². The van der Waals surface area contributed by atoms with Gasteiger partial charge in [0.15, 0.2) is 0 Å². The third-order valence-corrected chi connectivity index (χ3v) is 6.24. The van der Waals surface area contributed by atoms with Gasteiger partial charge >= 0.3 is 5.97 Å². The number of carbonyl (C=O) groups excluding carboxylic acids is 1. The van der Waals surface area contributed by atoms with E-state index in [0.29, 0.717) is 18.0 Å². The highest BCUT2D eigenvalue weighted by molar-refractivity contribution is 5.98. The van der Waals surface area contributed by atoms with Gasteiger partial charge in [-0.15, -0.1) is 0 Å². The number of carboxylic acid groups (broad SMARTS) is 1. The van der Waals surface area contributed by atoms with Crippen molar-refractivity contribution in [1.82, 2.24) is 14.7 Å². The molecule has 1 aliphatic heterocycles. The van der Waals surface area contributed by atoms with E-state index in [-0.39, 0.29) is 11.8 Å². The standard InChI is InChI=1S/C21H25N3O3/c1-12-7-8-13(2)18(9-12)24-14(3)17(10-22-24)20(25)23-11-15-5-4-6-16(15)19(23)21(26)27/h7-10,15-16,19H,4-6,11H2,1-3H3,(H,26,27). The molecule has 3 unspecified atom stereocenters. The van der Waals surface area contributed by atoms with E-state index in [4.69, 9.17) is 0 Å². The zero-order valence-electron chi connectivity index (χ0n) is 16.0. The molecular formula is C21H25N3O3. The summed E-state index contributed by atoms with van der Waals surface area (Å²) in [5.74, 6) is -0.714. The minimum atomic E-state index is -0.891. The highest BCUT2D eigenvalue weighted by Gasteiger charge is 2.50. The quantitative estimate of drug-likeness (QED) is 0.904. The molecule has 0 radical (unpaired) electrons. The zero-order chi connectivity index (χ0) is 19.3. The number of rotatable bonds is 3. The lowest BCUT2D eigenvalue weighted by molar-refractivity contribution is -0.142. The second-order valence-corrected chi connectivity index (χ2v) is 7.94. The van der Waals surface area contributed by atoms with Crippen molar-refractivity contribution in [2.75, 3.05) is 6.54 Å². The Bertz CT molecular complexity index is 917. The fraction of sp³-hybridized carbons (Fsp3) is 0.476. The summed E-state index contributed by atoms with van der Waals surface area (Å²) in [5, 5.41) is 14.2. The average Bonchev–Trinajstić information content (AvgIpc) is 3.30. The van der Waals surface area contributed by atoms with E-state index in [1.165, 1.54) is 0 Å². The molecule has 1 saturated heterocycles. The first-order chi connectivity index (χ1) is 12.9. The van der Waals surface area contributed by atoms with E-state index in [0.717, 1.165) is 41.8 Å². The van der Waals surface area contributed by atoms with Gasteiger partial charge in [-0.2, -0.15) is 5.10 Å². The fourth-order valence-electron chi connectivity index (χ4n) is 4.80. The van der Waals surface area contributed by atoms with Gasteiger partial charge in [0.2, 0.25) is 0 Å². The van der Waals surface area contributed by atoms with Crippen molar-refractivity contribution in [3.63, 3.8) is 0 Å². The first-order valence-electron chi connectivity index (χ1n) is 9.54. The molecule has 3 atom stereocenters. The maximum absolute atomic E-state index is 13.2. The van der Waals surface area contributed by atoms with Gasteiger partial charge in [-0.1, -0.05) is 18.6 Å². The number of hydrogen-bond acceptors (Lipinski definition) is 3. The number of hydrogen-bond donors (Lipinski definition) is 1. The topological polar surface area (TPSA) is 75.4 Å². The summed E-state index contributed by atoms with van der Waals surface area (Å²) in [5.41, 5.74) is 4.37. The number of aromatic nitrogens is 2. The molecule has 1 saturated carbocycles. The monoisotopic (exact) mass is 367 g/mol. The van der Waals surface area contributed by atoms with Crippen LogP contribution in [-0.4, -0.2) is 44.3 Å². The Kier molecular flexibility index (Phi) is 4.29. The summed E-state index contributed by atoms with van der Waals surface area (Å²) >= 11 is 0. The van der Waals surface area contributed by atoms with Crippen molar-refractivity contribution in [3.8, 4) is 5.69 Å². The van der Waals surface area contributed by atoms with E-state index >= 15 is 0 Å². The summed E-state index contributed by atoms with van der Waals surface area (Å²) in [6, 6.07) is 5.41. The number of likely N-dealkylation sites (tertiary alicyclic amines) is 1. The van der Waals surface area contributed by atoms with Gasteiger partial charge in [-0.3, -0.25) is 4.79 Å². The lowest BCUT2D eigenvalue weighted by Gasteiger charge is -2.24. The highest BCUT2D eigenvalue weighted by atomic mass is 16.4. The van der Waals surface area contributed by atoms with Crippen molar-refractivity contribution in [1.29, 1.82) is 0 Å². The van der Waals surface area contributed by atoms with Crippen molar-refractivity contribution >= 4 is 11.9 Å². The smallest absolute Gasteiger partial charge is 0.326 e. The van der Waals surface area contributed by atoms with Gasteiger partial charge in [0.25, 0.3) is 5.91 Å². The van der Waals surface area contributed by atoms with Crippen LogP contribution in [-0.2, 0) is 4.79 Å². The number of fused-ring (bicyclic) bond motifs is 1. The maximum Gasteiger partial charge on any atom is 0.326 e. The number of aryl methyl sites for hydroxylation is 2. The number of amides is 1. The molecule has 2 aromatic rings. The maximum atomic E-state index is 13.2. The summed E-state index contributed by atoms with van der Waals surface area (Å²) < 4.78 is 1.78. The molecule has 2 fully saturated rings. The number of aliphatic carboxylic acids is 1. The van der Waals surface area contributed by atoms with Crippen LogP contribution in [0.1, 0.15) is 46.4 Å². The molecular weight excluding hydrogens is 342 g/mol. The van der Waals surface area contributed by atoms with Gasteiger partial charge in [-0.05, 0) is 62.6 Å². The predicted molar refractivity (Wildman–Crippen MR) is 101 cm³/mol. The molecule has 27 heavy (non-hydrogen) atoms. The minimum Gasteiger partial charge on any atom is -0.480 e. The predicted octanol–water partition coefficient (Wildman–Crippen LogP) is 3.12. The number of benzene rings is 1. The van der Waals surface area contributed by atoms with Crippen LogP contribution in [0.15, 0.2) is 24.4 Å². The van der Waals surface area contributed by atoms with E-state index in [9.17, 15) is 14.7 Å². The average molecular weight is 367 g/mol. The number of nitrogens with zero attached hydrogens (tertiary/aromatic N) is 3.